The fourth-order valence-corrected chi connectivity index (χ4v) is 3.44. The molecule has 0 amide bonds. The molecule has 0 aliphatic heterocycles. The van der Waals surface area contributed by atoms with Crippen LogP contribution in [0.2, 0.25) is 0 Å². The van der Waals surface area contributed by atoms with Crippen molar-refractivity contribution < 1.29 is 5.11 Å². The van der Waals surface area contributed by atoms with Crippen molar-refractivity contribution >= 4 is 32.3 Å². The Morgan fingerprint density at radius 1 is 0.667 bits per heavy atom. The van der Waals surface area contributed by atoms with Crippen LogP contribution in [0.15, 0.2) is 54.6 Å². The summed E-state index contributed by atoms with van der Waals surface area (Å²) >= 11 is 0. The van der Waals surface area contributed by atoms with E-state index in [-0.39, 0.29) is 0 Å². The molecule has 1 N–H and O–H groups in total. The Morgan fingerprint density at radius 2 is 1.33 bits per heavy atom. The number of aryl methyl sites for hydroxylation is 2. The minimum absolute atomic E-state index is 0.320. The van der Waals surface area contributed by atoms with E-state index in [9.17, 15) is 5.11 Å². The van der Waals surface area contributed by atoms with E-state index in [4.69, 9.17) is 0 Å². The maximum atomic E-state index is 9.86. The second-order valence-corrected chi connectivity index (χ2v) is 5.69. The minimum Gasteiger partial charge on any atom is -0.508 e. The Kier molecular flexibility index (Phi) is 2.46. The van der Waals surface area contributed by atoms with Crippen LogP contribution in [-0.4, -0.2) is 5.11 Å². The minimum atomic E-state index is 0.320. The molecule has 0 spiro atoms. The van der Waals surface area contributed by atoms with Gasteiger partial charge >= 0.3 is 0 Å². The van der Waals surface area contributed by atoms with Crippen LogP contribution in [0.5, 0.6) is 5.75 Å². The average molecular weight is 272 g/mol. The SMILES string of the molecule is Cc1c2ccccc2c(C)c2c1ccc1ccc(O)cc12. The van der Waals surface area contributed by atoms with Gasteiger partial charge in [0.15, 0.2) is 0 Å². The van der Waals surface area contributed by atoms with Crippen LogP contribution in [-0.2, 0) is 0 Å². The third-order valence-electron chi connectivity index (χ3n) is 4.52. The van der Waals surface area contributed by atoms with E-state index >= 15 is 0 Å². The quantitative estimate of drug-likeness (QED) is 0.332. The van der Waals surface area contributed by atoms with Crippen LogP contribution in [0.4, 0.5) is 0 Å². The molecule has 0 atom stereocenters. The van der Waals surface area contributed by atoms with E-state index < -0.39 is 0 Å². The van der Waals surface area contributed by atoms with E-state index in [0.29, 0.717) is 5.75 Å². The first-order valence-electron chi connectivity index (χ1n) is 7.20. The lowest BCUT2D eigenvalue weighted by Crippen LogP contribution is -1.89. The maximum Gasteiger partial charge on any atom is 0.116 e. The molecule has 0 aromatic heterocycles. The Balaban J connectivity index is 2.36. The van der Waals surface area contributed by atoms with Gasteiger partial charge in [0.2, 0.25) is 0 Å². The molecule has 0 heterocycles. The van der Waals surface area contributed by atoms with Gasteiger partial charge in [-0.2, -0.15) is 0 Å². The number of hydrogen-bond donors (Lipinski definition) is 1. The molecule has 1 nitrogen and oxygen atoms in total. The summed E-state index contributed by atoms with van der Waals surface area (Å²) in [5.74, 6) is 0.320. The lowest BCUT2D eigenvalue weighted by Gasteiger charge is -2.14. The van der Waals surface area contributed by atoms with Crippen molar-refractivity contribution in [2.24, 2.45) is 0 Å². The van der Waals surface area contributed by atoms with Gasteiger partial charge < -0.3 is 5.11 Å². The van der Waals surface area contributed by atoms with Crippen LogP contribution < -0.4 is 0 Å². The van der Waals surface area contributed by atoms with E-state index in [0.717, 1.165) is 10.8 Å². The smallest absolute Gasteiger partial charge is 0.116 e. The zero-order valence-corrected chi connectivity index (χ0v) is 12.1. The second-order valence-electron chi connectivity index (χ2n) is 5.69. The van der Waals surface area contributed by atoms with Crippen molar-refractivity contribution in [1.82, 2.24) is 0 Å². The van der Waals surface area contributed by atoms with Gasteiger partial charge in [0.25, 0.3) is 0 Å². The maximum absolute atomic E-state index is 9.86. The molecule has 0 unspecified atom stereocenters. The van der Waals surface area contributed by atoms with Crippen LogP contribution in [0, 0.1) is 13.8 Å². The molecule has 0 aliphatic rings. The van der Waals surface area contributed by atoms with Gasteiger partial charge in [0.05, 0.1) is 0 Å². The standard InChI is InChI=1S/C20H16O/c1-12-16-5-3-4-6-17(16)13(2)20-18(12)10-8-14-7-9-15(21)11-19(14)20/h3-11,21H,1-2H3. The molecule has 1 heteroatoms. The summed E-state index contributed by atoms with van der Waals surface area (Å²) in [5.41, 5.74) is 2.58. The summed E-state index contributed by atoms with van der Waals surface area (Å²) in [4.78, 5) is 0. The molecule has 0 aliphatic carbocycles. The molecular weight excluding hydrogens is 256 g/mol. The van der Waals surface area contributed by atoms with E-state index in [1.807, 2.05) is 12.1 Å². The summed E-state index contributed by atoms with van der Waals surface area (Å²) in [6.07, 6.45) is 0. The highest BCUT2D eigenvalue weighted by Gasteiger charge is 2.11. The molecule has 102 valence electrons. The summed E-state index contributed by atoms with van der Waals surface area (Å²) in [7, 11) is 0. The number of fused-ring (bicyclic) bond motifs is 4. The second kappa shape index (κ2) is 4.23. The Labute approximate surface area is 123 Å². The zero-order chi connectivity index (χ0) is 14.6. The monoisotopic (exact) mass is 272 g/mol. The molecule has 4 aromatic carbocycles. The largest absolute Gasteiger partial charge is 0.508 e. The molecular formula is C20H16O. The first-order chi connectivity index (χ1) is 10.2. The van der Waals surface area contributed by atoms with Crippen molar-refractivity contribution in [1.29, 1.82) is 0 Å². The lowest BCUT2D eigenvalue weighted by molar-refractivity contribution is 0.476. The van der Waals surface area contributed by atoms with Gasteiger partial charge in [-0.25, -0.2) is 0 Å². The van der Waals surface area contributed by atoms with Gasteiger partial charge in [-0.3, -0.25) is 0 Å². The number of phenols is 1. The Bertz CT molecular complexity index is 1010. The molecule has 4 rings (SSSR count). The van der Waals surface area contributed by atoms with E-state index in [1.165, 1.54) is 32.7 Å². The predicted molar refractivity (Wildman–Crippen MR) is 90.1 cm³/mol. The molecule has 0 saturated heterocycles. The fraction of sp³-hybridized carbons (Fsp3) is 0.100. The van der Waals surface area contributed by atoms with E-state index in [2.05, 4.69) is 50.2 Å². The first kappa shape index (κ1) is 12.2. The number of rotatable bonds is 0. The average Bonchev–Trinajstić information content (AvgIpc) is 2.51. The fourth-order valence-electron chi connectivity index (χ4n) is 3.44. The van der Waals surface area contributed by atoms with Crippen molar-refractivity contribution in [3.05, 3.63) is 65.7 Å². The Morgan fingerprint density at radius 3 is 2.10 bits per heavy atom. The normalized spacial score (nSPS) is 11.5. The van der Waals surface area contributed by atoms with Crippen molar-refractivity contribution in [3.8, 4) is 5.75 Å². The van der Waals surface area contributed by atoms with Crippen LogP contribution in [0.25, 0.3) is 32.3 Å². The van der Waals surface area contributed by atoms with Crippen molar-refractivity contribution in [3.63, 3.8) is 0 Å². The highest BCUT2D eigenvalue weighted by molar-refractivity contribution is 6.16. The number of phenolic OH excluding ortho intramolecular Hbond substituents is 1. The highest BCUT2D eigenvalue weighted by Crippen LogP contribution is 2.37. The Hall–Kier alpha value is -2.54. The molecule has 0 saturated carbocycles. The highest BCUT2D eigenvalue weighted by atomic mass is 16.3. The summed E-state index contributed by atoms with van der Waals surface area (Å²) in [5, 5.41) is 17.3. The molecule has 21 heavy (non-hydrogen) atoms. The first-order valence-corrected chi connectivity index (χ1v) is 7.20. The van der Waals surface area contributed by atoms with Gasteiger partial charge in [-0.05, 0) is 69.4 Å². The zero-order valence-electron chi connectivity index (χ0n) is 12.1. The molecule has 4 aromatic rings. The van der Waals surface area contributed by atoms with Crippen molar-refractivity contribution in [2.75, 3.05) is 0 Å². The molecule has 0 radical (unpaired) electrons. The van der Waals surface area contributed by atoms with Crippen LogP contribution >= 0.6 is 0 Å². The predicted octanol–water partition coefficient (Wildman–Crippen LogP) is 5.47. The number of benzene rings is 4. The van der Waals surface area contributed by atoms with Crippen LogP contribution in [0.3, 0.4) is 0 Å². The van der Waals surface area contributed by atoms with Gasteiger partial charge in [0.1, 0.15) is 5.75 Å². The topological polar surface area (TPSA) is 20.2 Å². The molecule has 0 fully saturated rings. The third kappa shape index (κ3) is 1.64. The summed E-state index contributed by atoms with van der Waals surface area (Å²) in [6.45, 7) is 4.35. The van der Waals surface area contributed by atoms with Crippen LogP contribution in [0.1, 0.15) is 11.1 Å². The van der Waals surface area contributed by atoms with Gasteiger partial charge in [-0.1, -0.05) is 42.5 Å². The third-order valence-corrected chi connectivity index (χ3v) is 4.52. The number of aromatic hydroxyl groups is 1. The van der Waals surface area contributed by atoms with Gasteiger partial charge in [0, 0.05) is 0 Å². The summed E-state index contributed by atoms with van der Waals surface area (Å²) < 4.78 is 0. The molecule has 0 bridgehead atoms. The lowest BCUT2D eigenvalue weighted by atomic mass is 9.90. The number of hydrogen-bond acceptors (Lipinski definition) is 1. The van der Waals surface area contributed by atoms with Crippen molar-refractivity contribution in [2.45, 2.75) is 13.8 Å². The van der Waals surface area contributed by atoms with Gasteiger partial charge in [-0.15, -0.1) is 0 Å². The van der Waals surface area contributed by atoms with E-state index in [1.54, 1.807) is 6.07 Å². The summed E-state index contributed by atoms with van der Waals surface area (Å²) in [6, 6.07) is 18.5.